The minimum Gasteiger partial charge on any atom is -0.502 e. The molecular weight excluding hydrogens is 292 g/mol. The topological polar surface area (TPSA) is 75.7 Å². The molecule has 21 heavy (non-hydrogen) atoms. The van der Waals surface area contributed by atoms with Crippen molar-refractivity contribution in [2.75, 3.05) is 0 Å². The number of nitro benzene ring substituents is 1. The number of benzene rings is 2. The summed E-state index contributed by atoms with van der Waals surface area (Å²) in [4.78, 5) is 14.4. The Labute approximate surface area is 126 Å². The zero-order valence-corrected chi connectivity index (χ0v) is 12.0. The van der Waals surface area contributed by atoms with Gasteiger partial charge in [0.05, 0.1) is 10.6 Å². The zero-order valence-electron chi connectivity index (χ0n) is 11.3. The number of nitro groups is 1. The molecule has 108 valence electrons. The Morgan fingerprint density at radius 2 is 2.10 bits per heavy atom. The van der Waals surface area contributed by atoms with Crippen LogP contribution in [0.4, 0.5) is 11.4 Å². The number of rotatable bonds is 4. The number of para-hydroxylation sites is 1. The number of hydrogen-bond donors (Lipinski definition) is 1. The Hall–Kier alpha value is -2.40. The highest BCUT2D eigenvalue weighted by Crippen LogP contribution is 2.32. The van der Waals surface area contributed by atoms with Crippen LogP contribution in [0.25, 0.3) is 0 Å². The van der Waals surface area contributed by atoms with Gasteiger partial charge in [-0.05, 0) is 24.1 Å². The maximum Gasteiger partial charge on any atom is 0.312 e. The summed E-state index contributed by atoms with van der Waals surface area (Å²) >= 11 is 5.83. The molecule has 0 radical (unpaired) electrons. The van der Waals surface area contributed by atoms with Gasteiger partial charge in [-0.1, -0.05) is 36.7 Å². The van der Waals surface area contributed by atoms with Crippen molar-refractivity contribution >= 4 is 29.2 Å². The number of aryl methyl sites for hydroxylation is 1. The lowest BCUT2D eigenvalue weighted by Crippen LogP contribution is -1.92. The monoisotopic (exact) mass is 304 g/mol. The number of nitrogens with zero attached hydrogens (tertiary/aromatic N) is 2. The minimum absolute atomic E-state index is 0.171. The Morgan fingerprint density at radius 3 is 2.76 bits per heavy atom. The highest BCUT2D eigenvalue weighted by molar-refractivity contribution is 6.31. The second kappa shape index (κ2) is 6.37. The van der Waals surface area contributed by atoms with Crippen LogP contribution in [-0.2, 0) is 6.42 Å². The van der Waals surface area contributed by atoms with Gasteiger partial charge in [0.15, 0.2) is 0 Å². The normalized spacial score (nSPS) is 11.0. The van der Waals surface area contributed by atoms with E-state index in [-0.39, 0.29) is 10.6 Å². The van der Waals surface area contributed by atoms with E-state index in [1.807, 2.05) is 31.2 Å². The van der Waals surface area contributed by atoms with Crippen LogP contribution in [0.1, 0.15) is 18.1 Å². The number of phenols is 1. The van der Waals surface area contributed by atoms with E-state index in [9.17, 15) is 15.2 Å². The fraction of sp³-hybridized carbons (Fsp3) is 0.133. The van der Waals surface area contributed by atoms with Crippen molar-refractivity contribution in [2.45, 2.75) is 13.3 Å². The SMILES string of the molecule is CCc1ccccc1N=Cc1cc(Cl)cc([N+](=O)[O-])c1O. The first-order chi connectivity index (χ1) is 10.0. The average Bonchev–Trinajstić information content (AvgIpc) is 2.47. The van der Waals surface area contributed by atoms with E-state index in [1.54, 1.807) is 0 Å². The fourth-order valence-corrected chi connectivity index (χ4v) is 2.14. The zero-order chi connectivity index (χ0) is 15.4. The predicted octanol–water partition coefficient (Wildman–Crippen LogP) is 4.27. The molecule has 0 aliphatic rings. The lowest BCUT2D eigenvalue weighted by Gasteiger charge is -2.03. The molecule has 0 unspecified atom stereocenters. The molecular formula is C15H13ClN2O3. The maximum atomic E-state index is 10.8. The Balaban J connectivity index is 2.44. The van der Waals surface area contributed by atoms with Crippen molar-refractivity contribution in [3.8, 4) is 5.75 Å². The van der Waals surface area contributed by atoms with Crippen molar-refractivity contribution in [1.82, 2.24) is 0 Å². The van der Waals surface area contributed by atoms with Gasteiger partial charge < -0.3 is 5.11 Å². The molecule has 1 N–H and O–H groups in total. The second-order valence-corrected chi connectivity index (χ2v) is 4.80. The third-order valence-corrected chi connectivity index (χ3v) is 3.21. The van der Waals surface area contributed by atoms with E-state index >= 15 is 0 Å². The third-order valence-electron chi connectivity index (χ3n) is 3.00. The van der Waals surface area contributed by atoms with Gasteiger partial charge in [-0.3, -0.25) is 15.1 Å². The molecule has 2 aromatic rings. The van der Waals surface area contributed by atoms with Gasteiger partial charge in [0.1, 0.15) is 0 Å². The predicted molar refractivity (Wildman–Crippen MR) is 82.8 cm³/mol. The van der Waals surface area contributed by atoms with Crippen LogP contribution in [0.5, 0.6) is 5.75 Å². The molecule has 0 fully saturated rings. The number of phenolic OH excluding ortho intramolecular Hbond substituents is 1. The molecule has 0 bridgehead atoms. The summed E-state index contributed by atoms with van der Waals surface area (Å²) in [6, 6.07) is 10.1. The number of aliphatic imine (C=N–C) groups is 1. The average molecular weight is 305 g/mol. The van der Waals surface area contributed by atoms with Crippen molar-refractivity contribution in [3.05, 3.63) is 62.7 Å². The summed E-state index contributed by atoms with van der Waals surface area (Å²) in [5.74, 6) is -0.442. The molecule has 5 nitrogen and oxygen atoms in total. The number of halogens is 1. The third kappa shape index (κ3) is 3.38. The molecule has 0 amide bonds. The van der Waals surface area contributed by atoms with Gasteiger partial charge in [0.25, 0.3) is 0 Å². The summed E-state index contributed by atoms with van der Waals surface area (Å²) < 4.78 is 0. The second-order valence-electron chi connectivity index (χ2n) is 4.36. The first-order valence-corrected chi connectivity index (χ1v) is 6.69. The van der Waals surface area contributed by atoms with Crippen LogP contribution in [0.3, 0.4) is 0 Å². The van der Waals surface area contributed by atoms with Gasteiger partial charge in [-0.2, -0.15) is 0 Å². The standard InChI is InChI=1S/C15H13ClN2O3/c1-2-10-5-3-4-6-13(10)17-9-11-7-12(16)8-14(15(11)19)18(20)21/h3-9,19H,2H2,1H3. The van der Waals surface area contributed by atoms with Crippen molar-refractivity contribution in [2.24, 2.45) is 4.99 Å². The van der Waals surface area contributed by atoms with Gasteiger partial charge in [-0.15, -0.1) is 0 Å². The smallest absolute Gasteiger partial charge is 0.312 e. The van der Waals surface area contributed by atoms with E-state index < -0.39 is 16.4 Å². The first-order valence-electron chi connectivity index (χ1n) is 6.31. The van der Waals surface area contributed by atoms with Crippen LogP contribution < -0.4 is 0 Å². The van der Waals surface area contributed by atoms with E-state index in [4.69, 9.17) is 11.6 Å². The fourth-order valence-electron chi connectivity index (χ4n) is 1.92. The molecule has 0 aliphatic heterocycles. The lowest BCUT2D eigenvalue weighted by atomic mass is 10.1. The van der Waals surface area contributed by atoms with Crippen LogP contribution >= 0.6 is 11.6 Å². The maximum absolute atomic E-state index is 10.8. The number of hydrogen-bond acceptors (Lipinski definition) is 4. The van der Waals surface area contributed by atoms with Gasteiger partial charge in [0.2, 0.25) is 5.75 Å². The molecule has 0 saturated carbocycles. The van der Waals surface area contributed by atoms with E-state index in [2.05, 4.69) is 4.99 Å². The molecule has 0 saturated heterocycles. The summed E-state index contributed by atoms with van der Waals surface area (Å²) in [5, 5.41) is 20.9. The van der Waals surface area contributed by atoms with E-state index in [0.29, 0.717) is 0 Å². The molecule has 2 rings (SSSR count). The Bertz CT molecular complexity index is 714. The summed E-state index contributed by atoms with van der Waals surface area (Å²) in [6.45, 7) is 2.01. The molecule has 0 spiro atoms. The summed E-state index contributed by atoms with van der Waals surface area (Å²) in [7, 11) is 0. The van der Waals surface area contributed by atoms with Crippen LogP contribution in [-0.4, -0.2) is 16.2 Å². The van der Waals surface area contributed by atoms with Gasteiger partial charge in [-0.25, -0.2) is 0 Å². The summed E-state index contributed by atoms with van der Waals surface area (Å²) in [5.41, 5.74) is 1.57. The molecule has 0 heterocycles. The molecule has 6 heteroatoms. The molecule has 2 aromatic carbocycles. The highest BCUT2D eigenvalue weighted by Gasteiger charge is 2.17. The van der Waals surface area contributed by atoms with Crippen LogP contribution in [0.2, 0.25) is 5.02 Å². The minimum atomic E-state index is -0.682. The lowest BCUT2D eigenvalue weighted by molar-refractivity contribution is -0.385. The van der Waals surface area contributed by atoms with E-state index in [0.717, 1.165) is 23.7 Å². The number of aromatic hydroxyl groups is 1. The van der Waals surface area contributed by atoms with Crippen molar-refractivity contribution in [1.29, 1.82) is 0 Å². The van der Waals surface area contributed by atoms with Crippen molar-refractivity contribution < 1.29 is 10.0 Å². The largest absolute Gasteiger partial charge is 0.502 e. The Morgan fingerprint density at radius 1 is 1.38 bits per heavy atom. The van der Waals surface area contributed by atoms with Crippen LogP contribution in [0, 0.1) is 10.1 Å². The first kappa shape index (κ1) is 15.0. The van der Waals surface area contributed by atoms with Gasteiger partial charge in [0, 0.05) is 22.9 Å². The molecule has 0 aromatic heterocycles. The molecule has 0 aliphatic carbocycles. The highest BCUT2D eigenvalue weighted by atomic mass is 35.5. The summed E-state index contributed by atoms with van der Waals surface area (Å²) in [6.07, 6.45) is 2.19. The van der Waals surface area contributed by atoms with Crippen LogP contribution in [0.15, 0.2) is 41.4 Å². The van der Waals surface area contributed by atoms with Crippen molar-refractivity contribution in [3.63, 3.8) is 0 Å². The van der Waals surface area contributed by atoms with Gasteiger partial charge >= 0.3 is 5.69 Å². The quantitative estimate of drug-likeness (QED) is 0.520. The molecule has 0 atom stereocenters. The Kier molecular flexibility index (Phi) is 4.55. The van der Waals surface area contributed by atoms with E-state index in [1.165, 1.54) is 12.3 Å².